The smallest absolute Gasteiger partial charge is 0.322 e. The standard InChI is InChI=1S/C23H17F4N3O/c1-13-12-15(30-20-9-4-3-8-19(20)29-22(30)23(25,26)27)10-11-18(13)28-21(31)16-6-5-7-17(24)14(16)2/h3-12H,1-2H3,(H,28,31). The van der Waals surface area contributed by atoms with Crippen LogP contribution in [-0.2, 0) is 6.18 Å². The van der Waals surface area contributed by atoms with E-state index in [2.05, 4.69) is 10.3 Å². The van der Waals surface area contributed by atoms with Crippen LogP contribution in [0.4, 0.5) is 23.2 Å². The van der Waals surface area contributed by atoms with Crippen molar-refractivity contribution in [3.63, 3.8) is 0 Å². The van der Waals surface area contributed by atoms with Crippen LogP contribution in [0.1, 0.15) is 27.3 Å². The zero-order valence-electron chi connectivity index (χ0n) is 16.6. The Morgan fingerprint density at radius 3 is 2.45 bits per heavy atom. The Balaban J connectivity index is 1.74. The number of rotatable bonds is 3. The van der Waals surface area contributed by atoms with Gasteiger partial charge in [0.1, 0.15) is 5.82 Å². The number of aromatic nitrogens is 2. The monoisotopic (exact) mass is 427 g/mol. The summed E-state index contributed by atoms with van der Waals surface area (Å²) in [5, 5.41) is 2.70. The lowest BCUT2D eigenvalue weighted by molar-refractivity contribution is -0.145. The molecule has 0 fully saturated rings. The molecular weight excluding hydrogens is 410 g/mol. The number of aryl methyl sites for hydroxylation is 1. The van der Waals surface area contributed by atoms with E-state index in [1.54, 1.807) is 25.1 Å². The molecule has 0 unspecified atom stereocenters. The van der Waals surface area contributed by atoms with Gasteiger partial charge in [0.2, 0.25) is 5.82 Å². The van der Waals surface area contributed by atoms with Crippen molar-refractivity contribution in [2.24, 2.45) is 0 Å². The number of para-hydroxylation sites is 2. The second kappa shape index (κ2) is 7.54. The average molecular weight is 427 g/mol. The molecule has 0 saturated heterocycles. The van der Waals surface area contributed by atoms with Gasteiger partial charge >= 0.3 is 6.18 Å². The van der Waals surface area contributed by atoms with Crippen LogP contribution in [0, 0.1) is 19.7 Å². The van der Waals surface area contributed by atoms with Crippen LogP contribution in [0.25, 0.3) is 16.7 Å². The maximum atomic E-state index is 13.7. The lowest BCUT2D eigenvalue weighted by Crippen LogP contribution is -2.16. The lowest BCUT2D eigenvalue weighted by Gasteiger charge is -2.15. The molecule has 158 valence electrons. The third-order valence-corrected chi connectivity index (χ3v) is 5.04. The molecule has 0 aliphatic rings. The van der Waals surface area contributed by atoms with Gasteiger partial charge in [-0.05, 0) is 67.4 Å². The maximum absolute atomic E-state index is 13.7. The first-order valence-electron chi connectivity index (χ1n) is 9.39. The van der Waals surface area contributed by atoms with Crippen molar-refractivity contribution in [1.29, 1.82) is 0 Å². The van der Waals surface area contributed by atoms with Gasteiger partial charge in [-0.2, -0.15) is 13.2 Å². The van der Waals surface area contributed by atoms with Gasteiger partial charge in [-0.1, -0.05) is 18.2 Å². The molecule has 0 atom stereocenters. The Morgan fingerprint density at radius 1 is 1.00 bits per heavy atom. The first kappa shape index (κ1) is 20.6. The fraction of sp³-hybridized carbons (Fsp3) is 0.130. The van der Waals surface area contributed by atoms with Gasteiger partial charge in [0.15, 0.2) is 0 Å². The maximum Gasteiger partial charge on any atom is 0.450 e. The van der Waals surface area contributed by atoms with Crippen LogP contribution in [0.2, 0.25) is 0 Å². The fourth-order valence-corrected chi connectivity index (χ4v) is 3.45. The Morgan fingerprint density at radius 2 is 1.74 bits per heavy atom. The Hall–Kier alpha value is -3.68. The van der Waals surface area contributed by atoms with Crippen LogP contribution < -0.4 is 5.32 Å². The zero-order valence-corrected chi connectivity index (χ0v) is 16.6. The number of hydrogen-bond donors (Lipinski definition) is 1. The molecule has 31 heavy (non-hydrogen) atoms. The number of alkyl halides is 3. The predicted octanol–water partition coefficient (Wildman–Crippen LogP) is 6.05. The lowest BCUT2D eigenvalue weighted by atomic mass is 10.1. The summed E-state index contributed by atoms with van der Waals surface area (Å²) in [7, 11) is 0. The summed E-state index contributed by atoms with van der Waals surface area (Å²) < 4.78 is 55.6. The average Bonchev–Trinajstić information content (AvgIpc) is 3.11. The van der Waals surface area contributed by atoms with E-state index in [9.17, 15) is 22.4 Å². The minimum atomic E-state index is -4.64. The number of fused-ring (bicyclic) bond motifs is 1. The van der Waals surface area contributed by atoms with Crippen LogP contribution in [0.3, 0.4) is 0 Å². The number of carbonyl (C=O) groups is 1. The summed E-state index contributed by atoms with van der Waals surface area (Å²) in [6.07, 6.45) is -4.64. The summed E-state index contributed by atoms with van der Waals surface area (Å²) in [4.78, 5) is 16.3. The van der Waals surface area contributed by atoms with E-state index < -0.39 is 23.7 Å². The number of nitrogens with zero attached hydrogens (tertiary/aromatic N) is 2. The topological polar surface area (TPSA) is 46.9 Å². The van der Waals surface area contributed by atoms with Crippen molar-refractivity contribution in [2.75, 3.05) is 5.32 Å². The minimum absolute atomic E-state index is 0.184. The highest BCUT2D eigenvalue weighted by atomic mass is 19.4. The summed E-state index contributed by atoms with van der Waals surface area (Å²) in [5.74, 6) is -2.02. The highest BCUT2D eigenvalue weighted by molar-refractivity contribution is 6.05. The highest BCUT2D eigenvalue weighted by Crippen LogP contribution is 2.34. The van der Waals surface area contributed by atoms with Crippen LogP contribution in [0.5, 0.6) is 0 Å². The molecule has 4 rings (SSSR count). The van der Waals surface area contributed by atoms with Gasteiger partial charge in [-0.3, -0.25) is 9.36 Å². The van der Waals surface area contributed by atoms with Crippen LogP contribution in [-0.4, -0.2) is 15.5 Å². The molecule has 0 bridgehead atoms. The van der Waals surface area contributed by atoms with Gasteiger partial charge in [-0.15, -0.1) is 0 Å². The molecule has 1 N–H and O–H groups in total. The number of imidazole rings is 1. The molecule has 1 amide bonds. The molecule has 0 saturated carbocycles. The molecule has 8 heteroatoms. The van der Waals surface area contributed by atoms with E-state index in [1.165, 1.54) is 49.4 Å². The Kier molecular flexibility index (Phi) is 5.00. The summed E-state index contributed by atoms with van der Waals surface area (Å²) in [5.41, 5.74) is 2.17. The van der Waals surface area contributed by atoms with Gasteiger partial charge in [0, 0.05) is 16.9 Å². The number of carbonyl (C=O) groups excluding carboxylic acids is 1. The summed E-state index contributed by atoms with van der Waals surface area (Å²) in [6, 6.07) is 15.1. The van der Waals surface area contributed by atoms with Crippen molar-refractivity contribution in [2.45, 2.75) is 20.0 Å². The SMILES string of the molecule is Cc1cc(-n2c(C(F)(F)F)nc3ccccc32)ccc1NC(=O)c1cccc(F)c1C. The van der Waals surface area contributed by atoms with Crippen molar-refractivity contribution >= 4 is 22.6 Å². The van der Waals surface area contributed by atoms with Gasteiger partial charge < -0.3 is 5.32 Å². The third-order valence-electron chi connectivity index (χ3n) is 5.04. The van der Waals surface area contributed by atoms with Gasteiger partial charge in [0.05, 0.1) is 11.0 Å². The second-order valence-electron chi connectivity index (χ2n) is 7.12. The van der Waals surface area contributed by atoms with E-state index in [0.29, 0.717) is 16.8 Å². The molecule has 1 aromatic heterocycles. The molecule has 0 aliphatic carbocycles. The molecule has 0 aliphatic heterocycles. The van der Waals surface area contributed by atoms with Crippen LogP contribution >= 0.6 is 0 Å². The molecule has 4 aromatic rings. The molecule has 0 radical (unpaired) electrons. The van der Waals surface area contributed by atoms with E-state index in [0.717, 1.165) is 4.57 Å². The minimum Gasteiger partial charge on any atom is -0.322 e. The van der Waals surface area contributed by atoms with E-state index >= 15 is 0 Å². The van der Waals surface area contributed by atoms with Crippen LogP contribution in [0.15, 0.2) is 60.7 Å². The highest BCUT2D eigenvalue weighted by Gasteiger charge is 2.38. The van der Waals surface area contributed by atoms with E-state index in [1.807, 2.05) is 0 Å². The molecule has 1 heterocycles. The molecule has 3 aromatic carbocycles. The van der Waals surface area contributed by atoms with Crippen molar-refractivity contribution in [3.8, 4) is 5.69 Å². The summed E-state index contributed by atoms with van der Waals surface area (Å²) >= 11 is 0. The van der Waals surface area contributed by atoms with E-state index in [4.69, 9.17) is 0 Å². The number of anilines is 1. The zero-order chi connectivity index (χ0) is 22.3. The first-order valence-corrected chi connectivity index (χ1v) is 9.39. The number of halogens is 4. The number of nitrogens with one attached hydrogen (secondary N) is 1. The predicted molar refractivity (Wildman–Crippen MR) is 110 cm³/mol. The second-order valence-corrected chi connectivity index (χ2v) is 7.12. The first-order chi connectivity index (χ1) is 14.7. The number of benzene rings is 3. The van der Waals surface area contributed by atoms with Crippen molar-refractivity contribution in [1.82, 2.24) is 9.55 Å². The Labute approximate surface area is 175 Å². The Bertz CT molecular complexity index is 1310. The quantitative estimate of drug-likeness (QED) is 0.405. The molecule has 0 spiro atoms. The normalized spacial score (nSPS) is 11.7. The van der Waals surface area contributed by atoms with Gasteiger partial charge in [0.25, 0.3) is 5.91 Å². The fourth-order valence-electron chi connectivity index (χ4n) is 3.45. The molecular formula is C23H17F4N3O. The number of hydrogen-bond acceptors (Lipinski definition) is 2. The van der Waals surface area contributed by atoms with Crippen molar-refractivity contribution < 1.29 is 22.4 Å². The third kappa shape index (κ3) is 3.76. The van der Waals surface area contributed by atoms with Crippen molar-refractivity contribution in [3.05, 3.63) is 89.0 Å². The van der Waals surface area contributed by atoms with E-state index in [-0.39, 0.29) is 22.3 Å². The summed E-state index contributed by atoms with van der Waals surface area (Å²) in [6.45, 7) is 3.17. The molecule has 4 nitrogen and oxygen atoms in total. The largest absolute Gasteiger partial charge is 0.450 e. The van der Waals surface area contributed by atoms with Gasteiger partial charge in [-0.25, -0.2) is 9.37 Å². The number of amides is 1.